The van der Waals surface area contributed by atoms with E-state index in [-0.39, 0.29) is 42.2 Å². The maximum absolute atomic E-state index is 12.5. The number of aromatic nitrogens is 1. The molecule has 30 heavy (non-hydrogen) atoms. The molecule has 10 heteroatoms. The summed E-state index contributed by atoms with van der Waals surface area (Å²) in [5.41, 5.74) is 8.54. The van der Waals surface area contributed by atoms with E-state index in [1.54, 1.807) is 12.3 Å². The van der Waals surface area contributed by atoms with Crippen LogP contribution in [0.1, 0.15) is 11.3 Å². The molecule has 0 unspecified atom stereocenters. The second kappa shape index (κ2) is 10.3. The number of para-hydroxylation sites is 2. The van der Waals surface area contributed by atoms with Gasteiger partial charge in [-0.3, -0.25) is 4.99 Å². The molecule has 0 amide bonds. The Morgan fingerprint density at radius 2 is 1.87 bits per heavy atom. The Morgan fingerprint density at radius 1 is 1.17 bits per heavy atom. The van der Waals surface area contributed by atoms with E-state index in [9.17, 15) is 13.2 Å². The Bertz CT molecular complexity index is 988. The highest BCUT2D eigenvalue weighted by atomic mass is 127. The van der Waals surface area contributed by atoms with Crippen LogP contribution in [-0.4, -0.2) is 23.9 Å². The first-order valence-corrected chi connectivity index (χ1v) is 8.73. The van der Waals surface area contributed by atoms with Crippen molar-refractivity contribution in [1.82, 2.24) is 4.98 Å². The molecule has 0 saturated carbocycles. The number of halogens is 4. The second-order valence-corrected chi connectivity index (χ2v) is 6.20. The van der Waals surface area contributed by atoms with Gasteiger partial charge >= 0.3 is 6.36 Å². The quantitative estimate of drug-likeness (QED) is 0.261. The summed E-state index contributed by atoms with van der Waals surface area (Å²) in [6, 6.07) is 13.4. The number of benzene rings is 2. The summed E-state index contributed by atoms with van der Waals surface area (Å²) in [6.45, 7) is 2.27. The first kappa shape index (κ1) is 23.5. The highest BCUT2D eigenvalue weighted by Crippen LogP contribution is 2.29. The van der Waals surface area contributed by atoms with E-state index in [0.717, 1.165) is 11.1 Å². The third kappa shape index (κ3) is 6.94. The van der Waals surface area contributed by atoms with Crippen molar-refractivity contribution < 1.29 is 22.3 Å². The number of oxazole rings is 1. The van der Waals surface area contributed by atoms with Gasteiger partial charge in [0.1, 0.15) is 6.26 Å². The monoisotopic (exact) mass is 532 g/mol. The molecule has 6 nitrogen and oxygen atoms in total. The van der Waals surface area contributed by atoms with Crippen LogP contribution in [0.4, 0.5) is 18.9 Å². The van der Waals surface area contributed by atoms with Crippen LogP contribution in [0.5, 0.6) is 5.75 Å². The number of rotatable bonds is 6. The van der Waals surface area contributed by atoms with Crippen molar-refractivity contribution in [3.05, 3.63) is 66.1 Å². The van der Waals surface area contributed by atoms with Crippen LogP contribution in [0, 0.1) is 6.92 Å². The number of hydrogen-bond donors (Lipinski definition) is 2. The van der Waals surface area contributed by atoms with E-state index in [1.165, 1.54) is 18.2 Å². The number of hydrogen-bond acceptors (Lipinski definition) is 4. The van der Waals surface area contributed by atoms with Gasteiger partial charge in [0.2, 0.25) is 5.89 Å². The normalized spacial score (nSPS) is 11.7. The lowest BCUT2D eigenvalue weighted by Gasteiger charge is -2.14. The Labute approximate surface area is 188 Å². The SMILES string of the molecule is Cc1ccc(-c2nc(CCN=C(N)Nc3ccccc3OC(F)(F)F)co2)cc1.I. The van der Waals surface area contributed by atoms with Gasteiger partial charge < -0.3 is 20.2 Å². The van der Waals surface area contributed by atoms with E-state index in [2.05, 4.69) is 20.0 Å². The summed E-state index contributed by atoms with van der Waals surface area (Å²) >= 11 is 0. The molecule has 0 fully saturated rings. The number of nitrogens with one attached hydrogen (secondary N) is 1. The lowest BCUT2D eigenvalue weighted by Crippen LogP contribution is -2.24. The standard InChI is InChI=1S/C20H19F3N4O2.HI/c1-13-6-8-14(9-7-13)18-26-15(12-28-18)10-11-25-19(24)27-16-4-2-3-5-17(16)29-20(21,22)23;/h2-9,12H,10-11H2,1H3,(H3,24,25,27);1H. The third-order valence-corrected chi connectivity index (χ3v) is 3.88. The van der Waals surface area contributed by atoms with Crippen LogP contribution in [-0.2, 0) is 6.42 Å². The predicted molar refractivity (Wildman–Crippen MR) is 119 cm³/mol. The van der Waals surface area contributed by atoms with Crippen molar-refractivity contribution in [2.45, 2.75) is 19.7 Å². The molecule has 0 atom stereocenters. The predicted octanol–water partition coefficient (Wildman–Crippen LogP) is 5.14. The Kier molecular flexibility index (Phi) is 8.09. The molecular formula is C20H20F3IN4O2. The first-order chi connectivity index (χ1) is 13.8. The fourth-order valence-corrected chi connectivity index (χ4v) is 2.50. The Morgan fingerprint density at radius 3 is 2.57 bits per heavy atom. The zero-order valence-corrected chi connectivity index (χ0v) is 18.3. The van der Waals surface area contributed by atoms with Gasteiger partial charge in [-0.2, -0.15) is 0 Å². The lowest BCUT2D eigenvalue weighted by molar-refractivity contribution is -0.274. The molecule has 0 spiro atoms. The van der Waals surface area contributed by atoms with E-state index < -0.39 is 12.1 Å². The van der Waals surface area contributed by atoms with Crippen LogP contribution in [0.3, 0.4) is 0 Å². The number of aliphatic imine (C=N–C) groups is 1. The van der Waals surface area contributed by atoms with Crippen molar-refractivity contribution in [3.63, 3.8) is 0 Å². The van der Waals surface area contributed by atoms with Gasteiger partial charge in [0.15, 0.2) is 11.7 Å². The fourth-order valence-electron chi connectivity index (χ4n) is 2.50. The zero-order valence-electron chi connectivity index (χ0n) is 15.9. The van der Waals surface area contributed by atoms with Crippen molar-refractivity contribution >= 4 is 35.6 Å². The van der Waals surface area contributed by atoms with Gasteiger partial charge in [-0.15, -0.1) is 37.1 Å². The number of anilines is 1. The van der Waals surface area contributed by atoms with E-state index >= 15 is 0 Å². The number of nitrogens with two attached hydrogens (primary N) is 1. The number of aryl methyl sites for hydroxylation is 1. The number of alkyl halides is 3. The van der Waals surface area contributed by atoms with E-state index in [1.807, 2.05) is 31.2 Å². The second-order valence-electron chi connectivity index (χ2n) is 6.20. The lowest BCUT2D eigenvalue weighted by atomic mass is 10.1. The molecule has 3 N–H and O–H groups in total. The van der Waals surface area contributed by atoms with Gasteiger partial charge in [0, 0.05) is 18.5 Å². The third-order valence-electron chi connectivity index (χ3n) is 3.88. The van der Waals surface area contributed by atoms with Crippen molar-refractivity contribution in [2.75, 3.05) is 11.9 Å². The summed E-state index contributed by atoms with van der Waals surface area (Å²) < 4.78 is 46.8. The van der Waals surface area contributed by atoms with Gasteiger partial charge in [0.25, 0.3) is 0 Å². The number of guanidine groups is 1. The molecule has 3 aromatic rings. The van der Waals surface area contributed by atoms with Gasteiger partial charge in [-0.25, -0.2) is 4.98 Å². The smallest absolute Gasteiger partial charge is 0.444 e. The zero-order chi connectivity index (χ0) is 20.9. The average Bonchev–Trinajstić information content (AvgIpc) is 3.12. The molecule has 2 aromatic carbocycles. The molecule has 0 radical (unpaired) electrons. The van der Waals surface area contributed by atoms with Crippen LogP contribution >= 0.6 is 24.0 Å². The molecule has 160 valence electrons. The average molecular weight is 532 g/mol. The van der Waals surface area contributed by atoms with Gasteiger partial charge in [-0.1, -0.05) is 29.8 Å². The topological polar surface area (TPSA) is 85.7 Å². The minimum absolute atomic E-state index is 0. The minimum atomic E-state index is -4.80. The minimum Gasteiger partial charge on any atom is -0.444 e. The summed E-state index contributed by atoms with van der Waals surface area (Å²) in [5.74, 6) is 0.0798. The molecule has 0 aliphatic heterocycles. The number of ether oxygens (including phenoxy) is 1. The van der Waals surface area contributed by atoms with Crippen LogP contribution in [0.2, 0.25) is 0 Å². The molecule has 0 bridgehead atoms. The summed E-state index contributed by atoms with van der Waals surface area (Å²) in [7, 11) is 0. The summed E-state index contributed by atoms with van der Waals surface area (Å²) in [4.78, 5) is 8.51. The van der Waals surface area contributed by atoms with E-state index in [4.69, 9.17) is 10.2 Å². The molecule has 1 aromatic heterocycles. The highest BCUT2D eigenvalue weighted by molar-refractivity contribution is 14.0. The fraction of sp³-hybridized carbons (Fsp3) is 0.200. The Hall–Kier alpha value is -2.76. The maximum Gasteiger partial charge on any atom is 0.573 e. The van der Waals surface area contributed by atoms with E-state index in [0.29, 0.717) is 18.0 Å². The van der Waals surface area contributed by atoms with Crippen molar-refractivity contribution in [1.29, 1.82) is 0 Å². The van der Waals surface area contributed by atoms with Crippen LogP contribution < -0.4 is 15.8 Å². The number of nitrogens with zero attached hydrogens (tertiary/aromatic N) is 2. The van der Waals surface area contributed by atoms with Crippen LogP contribution in [0.25, 0.3) is 11.5 Å². The molecule has 0 aliphatic carbocycles. The first-order valence-electron chi connectivity index (χ1n) is 8.73. The van der Waals surface area contributed by atoms with Crippen molar-refractivity contribution in [2.24, 2.45) is 10.7 Å². The molecule has 3 rings (SSSR count). The summed E-state index contributed by atoms with van der Waals surface area (Å²) in [6.07, 6.45) is -2.80. The highest BCUT2D eigenvalue weighted by Gasteiger charge is 2.32. The van der Waals surface area contributed by atoms with Crippen molar-refractivity contribution in [3.8, 4) is 17.2 Å². The van der Waals surface area contributed by atoms with Gasteiger partial charge in [-0.05, 0) is 31.2 Å². The molecule has 1 heterocycles. The summed E-state index contributed by atoms with van der Waals surface area (Å²) in [5, 5.41) is 2.61. The Balaban J connectivity index is 0.00000320. The molecule has 0 aliphatic rings. The largest absolute Gasteiger partial charge is 0.573 e. The maximum atomic E-state index is 12.5. The molecule has 0 saturated heterocycles. The molecular weight excluding hydrogens is 512 g/mol. The van der Waals surface area contributed by atoms with Crippen LogP contribution in [0.15, 0.2) is 64.2 Å². The van der Waals surface area contributed by atoms with Gasteiger partial charge in [0.05, 0.1) is 11.4 Å².